The monoisotopic (exact) mass is 486 g/mol. The predicted molar refractivity (Wildman–Crippen MR) is 127 cm³/mol. The second kappa shape index (κ2) is 10.1. The van der Waals surface area contributed by atoms with E-state index in [2.05, 4.69) is 12.2 Å². The van der Waals surface area contributed by atoms with E-state index in [-0.39, 0.29) is 24.3 Å². The minimum absolute atomic E-state index is 0.156. The molecule has 1 aromatic carbocycles. The van der Waals surface area contributed by atoms with E-state index in [4.69, 9.17) is 9.47 Å². The van der Waals surface area contributed by atoms with Gasteiger partial charge in [-0.1, -0.05) is 13.3 Å². The molecule has 3 fully saturated rings. The molecule has 35 heavy (non-hydrogen) atoms. The van der Waals surface area contributed by atoms with Crippen LogP contribution < -0.4 is 14.8 Å². The van der Waals surface area contributed by atoms with Gasteiger partial charge >= 0.3 is 6.03 Å². The van der Waals surface area contributed by atoms with Crippen LogP contribution in [0.2, 0.25) is 0 Å². The second-order valence-electron chi connectivity index (χ2n) is 9.50. The summed E-state index contributed by atoms with van der Waals surface area (Å²) in [4.78, 5) is 55.9. The molecule has 0 atom stereocenters. The SMILES string of the molecule is CCC1CCC2(CC1)NC(=O)N(CC(=O)N1CCN(C(=O)c3ccc(OC)c(OC)c3)CC1)C2=O. The molecule has 0 unspecified atom stereocenters. The number of hydrogen-bond acceptors (Lipinski definition) is 6. The van der Waals surface area contributed by atoms with E-state index >= 15 is 0 Å². The summed E-state index contributed by atoms with van der Waals surface area (Å²) in [5.74, 6) is 0.872. The molecule has 1 N–H and O–H groups in total. The van der Waals surface area contributed by atoms with Crippen molar-refractivity contribution in [3.63, 3.8) is 0 Å². The van der Waals surface area contributed by atoms with Gasteiger partial charge in [0.25, 0.3) is 11.8 Å². The lowest BCUT2D eigenvalue weighted by Crippen LogP contribution is -2.53. The van der Waals surface area contributed by atoms with Crippen LogP contribution in [0.5, 0.6) is 11.5 Å². The Balaban J connectivity index is 1.32. The van der Waals surface area contributed by atoms with Gasteiger partial charge in [-0.05, 0) is 49.8 Å². The maximum atomic E-state index is 13.1. The van der Waals surface area contributed by atoms with E-state index in [0.29, 0.717) is 62.0 Å². The molecule has 2 saturated heterocycles. The maximum Gasteiger partial charge on any atom is 0.325 e. The number of hydrogen-bond donors (Lipinski definition) is 1. The first kappa shape index (κ1) is 24.8. The van der Waals surface area contributed by atoms with Crippen LogP contribution in [0.25, 0.3) is 0 Å². The maximum absolute atomic E-state index is 13.1. The fourth-order valence-electron chi connectivity index (χ4n) is 5.28. The summed E-state index contributed by atoms with van der Waals surface area (Å²) in [6.45, 7) is 3.27. The van der Waals surface area contributed by atoms with Gasteiger partial charge < -0.3 is 24.6 Å². The number of nitrogens with zero attached hydrogens (tertiary/aromatic N) is 3. The normalized spacial score (nSPS) is 24.5. The van der Waals surface area contributed by atoms with Crippen molar-refractivity contribution in [2.75, 3.05) is 46.9 Å². The Hall–Kier alpha value is -3.30. The quantitative estimate of drug-likeness (QED) is 0.615. The molecule has 5 amide bonds. The minimum atomic E-state index is -0.854. The lowest BCUT2D eigenvalue weighted by molar-refractivity contribution is -0.140. The fraction of sp³-hybridized carbons (Fsp3) is 0.600. The Morgan fingerprint density at radius 2 is 1.63 bits per heavy atom. The number of amides is 5. The third kappa shape index (κ3) is 4.78. The molecule has 1 spiro atoms. The molecule has 0 bridgehead atoms. The van der Waals surface area contributed by atoms with Crippen molar-refractivity contribution in [2.45, 2.75) is 44.6 Å². The number of piperazine rings is 1. The van der Waals surface area contributed by atoms with Crippen LogP contribution in [0.1, 0.15) is 49.4 Å². The van der Waals surface area contributed by atoms with Crippen molar-refractivity contribution >= 4 is 23.8 Å². The van der Waals surface area contributed by atoms with Gasteiger partial charge in [0.05, 0.1) is 14.2 Å². The van der Waals surface area contributed by atoms with Gasteiger partial charge in [-0.3, -0.25) is 19.3 Å². The van der Waals surface area contributed by atoms with Crippen molar-refractivity contribution in [3.8, 4) is 11.5 Å². The van der Waals surface area contributed by atoms with Gasteiger partial charge in [0, 0.05) is 31.7 Å². The lowest BCUT2D eigenvalue weighted by atomic mass is 9.75. The molecular weight excluding hydrogens is 452 g/mol. The van der Waals surface area contributed by atoms with Gasteiger partial charge in [-0.2, -0.15) is 0 Å². The number of carbonyl (C=O) groups is 4. The molecular formula is C25H34N4O6. The molecule has 4 rings (SSSR count). The summed E-state index contributed by atoms with van der Waals surface area (Å²) < 4.78 is 10.5. The predicted octanol–water partition coefficient (Wildman–Crippen LogP) is 1.88. The zero-order valence-corrected chi connectivity index (χ0v) is 20.7. The third-order valence-electron chi connectivity index (χ3n) is 7.63. The Morgan fingerprint density at radius 3 is 2.23 bits per heavy atom. The number of ether oxygens (including phenoxy) is 2. The number of urea groups is 1. The summed E-state index contributed by atoms with van der Waals surface area (Å²) in [6, 6.07) is 4.52. The molecule has 1 saturated carbocycles. The summed E-state index contributed by atoms with van der Waals surface area (Å²) in [5.41, 5.74) is -0.377. The number of carbonyl (C=O) groups excluding carboxylic acids is 4. The van der Waals surface area contributed by atoms with Crippen molar-refractivity contribution in [1.82, 2.24) is 20.0 Å². The largest absolute Gasteiger partial charge is 0.493 e. The van der Waals surface area contributed by atoms with E-state index in [1.807, 2.05) is 0 Å². The summed E-state index contributed by atoms with van der Waals surface area (Å²) >= 11 is 0. The molecule has 2 aliphatic heterocycles. The first-order valence-electron chi connectivity index (χ1n) is 12.2. The molecule has 1 aromatic rings. The van der Waals surface area contributed by atoms with Crippen LogP contribution in [0.4, 0.5) is 4.79 Å². The van der Waals surface area contributed by atoms with E-state index in [9.17, 15) is 19.2 Å². The molecule has 2 heterocycles. The zero-order chi connectivity index (χ0) is 25.2. The topological polar surface area (TPSA) is 108 Å². The molecule has 190 valence electrons. The van der Waals surface area contributed by atoms with Crippen LogP contribution in [-0.2, 0) is 9.59 Å². The van der Waals surface area contributed by atoms with E-state index in [1.54, 1.807) is 28.0 Å². The molecule has 0 aromatic heterocycles. The molecule has 10 heteroatoms. The van der Waals surface area contributed by atoms with E-state index < -0.39 is 11.6 Å². The van der Waals surface area contributed by atoms with E-state index in [0.717, 1.165) is 24.2 Å². The number of benzene rings is 1. The first-order chi connectivity index (χ1) is 16.8. The zero-order valence-electron chi connectivity index (χ0n) is 20.7. The minimum Gasteiger partial charge on any atom is -0.493 e. The Bertz CT molecular complexity index is 996. The van der Waals surface area contributed by atoms with Crippen LogP contribution in [0, 0.1) is 5.92 Å². The summed E-state index contributed by atoms with van der Waals surface area (Å²) in [5, 5.41) is 2.87. The average Bonchev–Trinajstić information content (AvgIpc) is 3.12. The molecule has 1 aliphatic carbocycles. The van der Waals surface area contributed by atoms with Gasteiger partial charge in [-0.15, -0.1) is 0 Å². The molecule has 0 radical (unpaired) electrons. The van der Waals surface area contributed by atoms with Gasteiger partial charge in [0.1, 0.15) is 12.1 Å². The highest BCUT2D eigenvalue weighted by Gasteiger charge is 2.52. The number of imide groups is 1. The van der Waals surface area contributed by atoms with Crippen LogP contribution in [0.15, 0.2) is 18.2 Å². The van der Waals surface area contributed by atoms with Crippen LogP contribution in [0.3, 0.4) is 0 Å². The number of rotatable bonds is 6. The van der Waals surface area contributed by atoms with Gasteiger partial charge in [0.2, 0.25) is 5.91 Å². The fourth-order valence-corrected chi connectivity index (χ4v) is 5.28. The summed E-state index contributed by atoms with van der Waals surface area (Å²) in [6.07, 6.45) is 4.12. The number of methoxy groups -OCH3 is 2. The van der Waals surface area contributed by atoms with Crippen molar-refractivity contribution < 1.29 is 28.7 Å². The highest BCUT2D eigenvalue weighted by molar-refractivity contribution is 6.09. The van der Waals surface area contributed by atoms with Gasteiger partial charge in [-0.25, -0.2) is 4.79 Å². The standard InChI is InChI=1S/C25H34N4O6/c1-4-17-7-9-25(10-8-17)23(32)29(24(33)26-25)16-21(30)27-11-13-28(14-12-27)22(31)18-5-6-19(34-2)20(15-18)35-3/h5-6,15,17H,4,7-14,16H2,1-3H3,(H,26,33). The highest BCUT2D eigenvalue weighted by Crippen LogP contribution is 2.37. The Morgan fingerprint density at radius 1 is 1.00 bits per heavy atom. The Kier molecular flexibility index (Phi) is 7.18. The average molecular weight is 487 g/mol. The first-order valence-corrected chi connectivity index (χ1v) is 12.2. The number of nitrogens with one attached hydrogen (secondary N) is 1. The van der Waals surface area contributed by atoms with E-state index in [1.165, 1.54) is 14.2 Å². The second-order valence-corrected chi connectivity index (χ2v) is 9.50. The highest BCUT2D eigenvalue weighted by atomic mass is 16.5. The van der Waals surface area contributed by atoms with Crippen molar-refractivity contribution in [1.29, 1.82) is 0 Å². The Labute approximate surface area is 205 Å². The third-order valence-corrected chi connectivity index (χ3v) is 7.63. The lowest BCUT2D eigenvalue weighted by Gasteiger charge is -2.36. The van der Waals surface area contributed by atoms with Gasteiger partial charge in [0.15, 0.2) is 11.5 Å². The smallest absolute Gasteiger partial charge is 0.325 e. The van der Waals surface area contributed by atoms with Crippen LogP contribution in [-0.4, -0.2) is 90.9 Å². The van der Waals surface area contributed by atoms with Crippen molar-refractivity contribution in [3.05, 3.63) is 23.8 Å². The van der Waals surface area contributed by atoms with Crippen LogP contribution >= 0.6 is 0 Å². The summed E-state index contributed by atoms with van der Waals surface area (Å²) in [7, 11) is 3.05. The molecule has 10 nitrogen and oxygen atoms in total. The van der Waals surface area contributed by atoms with Crippen molar-refractivity contribution in [2.24, 2.45) is 5.92 Å². The molecule has 3 aliphatic rings.